The Morgan fingerprint density at radius 1 is 1.59 bits per heavy atom. The van der Waals surface area contributed by atoms with Crippen LogP contribution < -0.4 is 5.32 Å². The fourth-order valence-electron chi connectivity index (χ4n) is 1.31. The normalized spacial score (nSPS) is 11.8. The third-order valence-corrected chi connectivity index (χ3v) is 2.24. The molecule has 92 valence electrons. The number of carbonyl (C=O) groups is 2. The number of nitrogens with one attached hydrogen (secondary N) is 1. The number of carboxylic acids is 1. The molecule has 0 fully saturated rings. The summed E-state index contributed by atoms with van der Waals surface area (Å²) >= 11 is 0. The summed E-state index contributed by atoms with van der Waals surface area (Å²) in [5.41, 5.74) is 0. The van der Waals surface area contributed by atoms with Gasteiger partial charge in [0.05, 0.1) is 0 Å². The Bertz CT molecular complexity index is 422. The van der Waals surface area contributed by atoms with Gasteiger partial charge in [-0.1, -0.05) is 13.0 Å². The zero-order chi connectivity index (χ0) is 12.8. The molecule has 5 nitrogen and oxygen atoms in total. The standard InChI is InChI=1S/C12H15NO4/c1-3-5-9(12(15)16)13-11(14)10-7-6-8(4-2)17-10/h3,6-7,9H,1,4-5H2,2H3,(H,13,14)(H,15,16). The number of aryl methyl sites for hydroxylation is 1. The van der Waals surface area contributed by atoms with E-state index >= 15 is 0 Å². The highest BCUT2D eigenvalue weighted by Gasteiger charge is 2.20. The van der Waals surface area contributed by atoms with E-state index in [4.69, 9.17) is 9.52 Å². The molecule has 1 heterocycles. The highest BCUT2D eigenvalue weighted by Crippen LogP contribution is 2.08. The first-order chi connectivity index (χ1) is 8.08. The number of amides is 1. The monoisotopic (exact) mass is 237 g/mol. The van der Waals surface area contributed by atoms with Gasteiger partial charge in [0.25, 0.3) is 5.91 Å². The van der Waals surface area contributed by atoms with E-state index in [1.54, 1.807) is 6.07 Å². The van der Waals surface area contributed by atoms with Crippen molar-refractivity contribution in [3.63, 3.8) is 0 Å². The Morgan fingerprint density at radius 2 is 2.29 bits per heavy atom. The first-order valence-corrected chi connectivity index (χ1v) is 5.31. The fraction of sp³-hybridized carbons (Fsp3) is 0.333. The molecule has 0 radical (unpaired) electrons. The zero-order valence-electron chi connectivity index (χ0n) is 9.60. The number of carboxylic acid groups (broad SMARTS) is 1. The Kier molecular flexibility index (Phi) is 4.51. The lowest BCUT2D eigenvalue weighted by Crippen LogP contribution is -2.40. The molecule has 0 aliphatic rings. The minimum atomic E-state index is -1.10. The summed E-state index contributed by atoms with van der Waals surface area (Å²) in [6.45, 7) is 5.34. The summed E-state index contributed by atoms with van der Waals surface area (Å²) in [6.07, 6.45) is 2.30. The van der Waals surface area contributed by atoms with E-state index in [-0.39, 0.29) is 12.2 Å². The smallest absolute Gasteiger partial charge is 0.326 e. The van der Waals surface area contributed by atoms with Crippen LogP contribution in [0.2, 0.25) is 0 Å². The van der Waals surface area contributed by atoms with Crippen molar-refractivity contribution < 1.29 is 19.1 Å². The first-order valence-electron chi connectivity index (χ1n) is 5.31. The predicted octanol–water partition coefficient (Wildman–Crippen LogP) is 1.60. The largest absolute Gasteiger partial charge is 0.480 e. The molecule has 1 atom stereocenters. The van der Waals surface area contributed by atoms with Crippen LogP contribution in [0.3, 0.4) is 0 Å². The van der Waals surface area contributed by atoms with Gasteiger partial charge in [0, 0.05) is 6.42 Å². The Morgan fingerprint density at radius 3 is 2.76 bits per heavy atom. The molecule has 0 saturated heterocycles. The van der Waals surface area contributed by atoms with Gasteiger partial charge in [0.2, 0.25) is 0 Å². The van der Waals surface area contributed by atoms with E-state index in [0.29, 0.717) is 12.2 Å². The van der Waals surface area contributed by atoms with Crippen molar-refractivity contribution in [1.82, 2.24) is 5.32 Å². The molecule has 1 aromatic heterocycles. The Labute approximate surface area is 99.1 Å². The molecule has 1 amide bonds. The maximum Gasteiger partial charge on any atom is 0.326 e. The summed E-state index contributed by atoms with van der Waals surface area (Å²) in [5, 5.41) is 11.2. The van der Waals surface area contributed by atoms with Crippen LogP contribution in [0.5, 0.6) is 0 Å². The van der Waals surface area contributed by atoms with Crippen LogP contribution >= 0.6 is 0 Å². The molecular formula is C12H15NO4. The van der Waals surface area contributed by atoms with E-state index in [9.17, 15) is 9.59 Å². The van der Waals surface area contributed by atoms with Crippen LogP contribution in [-0.2, 0) is 11.2 Å². The molecule has 0 spiro atoms. The molecule has 0 aliphatic heterocycles. The van der Waals surface area contributed by atoms with E-state index in [1.165, 1.54) is 12.1 Å². The predicted molar refractivity (Wildman–Crippen MR) is 61.8 cm³/mol. The molecule has 2 N–H and O–H groups in total. The van der Waals surface area contributed by atoms with Crippen molar-refractivity contribution in [1.29, 1.82) is 0 Å². The van der Waals surface area contributed by atoms with Crippen LogP contribution in [0, 0.1) is 0 Å². The number of aliphatic carboxylic acids is 1. The number of hydrogen-bond donors (Lipinski definition) is 2. The van der Waals surface area contributed by atoms with E-state index in [0.717, 1.165) is 0 Å². The molecule has 1 aromatic rings. The van der Waals surface area contributed by atoms with Crippen molar-refractivity contribution in [3.05, 3.63) is 36.3 Å². The number of carbonyl (C=O) groups excluding carboxylic acids is 1. The molecule has 5 heteroatoms. The van der Waals surface area contributed by atoms with E-state index in [2.05, 4.69) is 11.9 Å². The number of furan rings is 1. The van der Waals surface area contributed by atoms with Gasteiger partial charge in [-0.15, -0.1) is 6.58 Å². The highest BCUT2D eigenvalue weighted by molar-refractivity contribution is 5.94. The second-order valence-electron chi connectivity index (χ2n) is 3.51. The van der Waals surface area contributed by atoms with Gasteiger partial charge < -0.3 is 14.8 Å². The van der Waals surface area contributed by atoms with Gasteiger partial charge in [-0.3, -0.25) is 4.79 Å². The molecule has 0 bridgehead atoms. The van der Waals surface area contributed by atoms with Gasteiger partial charge in [-0.2, -0.15) is 0 Å². The molecule has 0 aliphatic carbocycles. The quantitative estimate of drug-likeness (QED) is 0.736. The summed E-state index contributed by atoms with van der Waals surface area (Å²) in [6, 6.07) is 2.24. The summed E-state index contributed by atoms with van der Waals surface area (Å²) in [4.78, 5) is 22.5. The fourth-order valence-corrected chi connectivity index (χ4v) is 1.31. The third-order valence-electron chi connectivity index (χ3n) is 2.24. The Balaban J connectivity index is 2.69. The zero-order valence-corrected chi connectivity index (χ0v) is 9.60. The van der Waals surface area contributed by atoms with E-state index in [1.807, 2.05) is 6.92 Å². The van der Waals surface area contributed by atoms with Crippen molar-refractivity contribution in [2.45, 2.75) is 25.8 Å². The topological polar surface area (TPSA) is 79.5 Å². The lowest BCUT2D eigenvalue weighted by molar-refractivity contribution is -0.139. The maximum atomic E-state index is 11.7. The second-order valence-corrected chi connectivity index (χ2v) is 3.51. The van der Waals surface area contributed by atoms with Gasteiger partial charge in [0.15, 0.2) is 5.76 Å². The number of rotatable bonds is 6. The molecule has 1 rings (SSSR count). The van der Waals surface area contributed by atoms with Crippen molar-refractivity contribution in [3.8, 4) is 0 Å². The van der Waals surface area contributed by atoms with Crippen LogP contribution in [0.4, 0.5) is 0 Å². The van der Waals surface area contributed by atoms with E-state index < -0.39 is 17.9 Å². The average Bonchev–Trinajstić information content (AvgIpc) is 2.76. The Hall–Kier alpha value is -2.04. The lowest BCUT2D eigenvalue weighted by atomic mass is 10.2. The van der Waals surface area contributed by atoms with Gasteiger partial charge in [-0.05, 0) is 18.6 Å². The van der Waals surface area contributed by atoms with Crippen LogP contribution in [0.15, 0.2) is 29.2 Å². The second kappa shape index (κ2) is 5.89. The van der Waals surface area contributed by atoms with Crippen LogP contribution in [0.1, 0.15) is 29.7 Å². The van der Waals surface area contributed by atoms with Gasteiger partial charge in [0.1, 0.15) is 11.8 Å². The average molecular weight is 237 g/mol. The van der Waals surface area contributed by atoms with Gasteiger partial charge >= 0.3 is 5.97 Å². The first kappa shape index (κ1) is 13.0. The summed E-state index contributed by atoms with van der Waals surface area (Å²) in [5.74, 6) is -0.817. The van der Waals surface area contributed by atoms with Crippen LogP contribution in [0.25, 0.3) is 0 Å². The molecule has 1 unspecified atom stereocenters. The summed E-state index contributed by atoms with van der Waals surface area (Å²) < 4.78 is 5.22. The highest BCUT2D eigenvalue weighted by atomic mass is 16.4. The maximum absolute atomic E-state index is 11.7. The van der Waals surface area contributed by atoms with Crippen molar-refractivity contribution >= 4 is 11.9 Å². The van der Waals surface area contributed by atoms with Crippen LogP contribution in [-0.4, -0.2) is 23.0 Å². The minimum absolute atomic E-state index is 0.122. The lowest BCUT2D eigenvalue weighted by Gasteiger charge is -2.10. The SMILES string of the molecule is C=CCC(NC(=O)c1ccc(CC)o1)C(=O)O. The number of hydrogen-bond acceptors (Lipinski definition) is 3. The van der Waals surface area contributed by atoms with Gasteiger partial charge in [-0.25, -0.2) is 4.79 Å². The van der Waals surface area contributed by atoms with Crippen molar-refractivity contribution in [2.75, 3.05) is 0 Å². The van der Waals surface area contributed by atoms with Crippen molar-refractivity contribution in [2.24, 2.45) is 0 Å². The molecule has 0 saturated carbocycles. The molecule has 17 heavy (non-hydrogen) atoms. The summed E-state index contributed by atoms with van der Waals surface area (Å²) in [7, 11) is 0. The third kappa shape index (κ3) is 3.48. The minimum Gasteiger partial charge on any atom is -0.480 e. The molecular weight excluding hydrogens is 222 g/mol. The molecule has 0 aromatic carbocycles.